The first-order valence-electron chi connectivity index (χ1n) is 8.46. The molecule has 1 aromatic carbocycles. The fourth-order valence-electron chi connectivity index (χ4n) is 3.36. The van der Waals surface area contributed by atoms with Crippen LogP contribution in [0.4, 0.5) is 0 Å². The van der Waals surface area contributed by atoms with E-state index < -0.39 is 0 Å². The third-order valence-corrected chi connectivity index (χ3v) is 5.60. The predicted molar refractivity (Wildman–Crippen MR) is 96.5 cm³/mol. The normalized spacial score (nSPS) is 16.8. The van der Waals surface area contributed by atoms with Crippen LogP contribution in [-0.2, 0) is 11.3 Å². The van der Waals surface area contributed by atoms with Crippen molar-refractivity contribution in [2.45, 2.75) is 52.0 Å². The van der Waals surface area contributed by atoms with Gasteiger partial charge in [0.2, 0.25) is 5.91 Å². The summed E-state index contributed by atoms with van der Waals surface area (Å²) in [7, 11) is 0. The van der Waals surface area contributed by atoms with Crippen LogP contribution in [-0.4, -0.2) is 10.5 Å². The van der Waals surface area contributed by atoms with E-state index in [0.717, 1.165) is 10.3 Å². The Kier molecular flexibility index (Phi) is 5.11. The number of aromatic nitrogens is 1. The number of amides is 1. The van der Waals surface area contributed by atoms with Crippen LogP contribution in [0.2, 0.25) is 0 Å². The van der Waals surface area contributed by atoms with Crippen LogP contribution in [0.15, 0.2) is 35.8 Å². The largest absolute Gasteiger partial charge is 0.313 e. The number of allylic oxidation sites excluding steroid dienone is 1. The van der Waals surface area contributed by atoms with Gasteiger partial charge in [-0.2, -0.15) is 4.99 Å². The standard InChI is InChI=1S/C19H24N2OS/c1-3-11-21-16-10-9-14(2)12-17(16)23-19(21)20-18(22)13-15-7-5-4-6-8-15/h3,9-10,12,15H,1,4-8,11,13H2,2H3. The minimum absolute atomic E-state index is 0.0259. The fourth-order valence-corrected chi connectivity index (χ4v) is 4.52. The van der Waals surface area contributed by atoms with Crippen molar-refractivity contribution >= 4 is 27.5 Å². The highest BCUT2D eigenvalue weighted by molar-refractivity contribution is 7.16. The molecule has 3 nitrogen and oxygen atoms in total. The van der Waals surface area contributed by atoms with Crippen LogP contribution in [0, 0.1) is 12.8 Å². The lowest BCUT2D eigenvalue weighted by Crippen LogP contribution is -2.18. The lowest BCUT2D eigenvalue weighted by molar-refractivity contribution is -0.119. The molecular formula is C19H24N2OS. The minimum atomic E-state index is 0.0259. The van der Waals surface area contributed by atoms with Crippen LogP contribution in [0.5, 0.6) is 0 Å². The molecule has 0 atom stereocenters. The van der Waals surface area contributed by atoms with Gasteiger partial charge in [-0.15, -0.1) is 6.58 Å². The molecule has 0 unspecified atom stereocenters. The quantitative estimate of drug-likeness (QED) is 0.756. The van der Waals surface area contributed by atoms with E-state index in [2.05, 4.69) is 41.3 Å². The summed E-state index contributed by atoms with van der Waals surface area (Å²) in [5.74, 6) is 0.558. The third-order valence-electron chi connectivity index (χ3n) is 4.56. The van der Waals surface area contributed by atoms with Crippen LogP contribution < -0.4 is 4.80 Å². The van der Waals surface area contributed by atoms with Gasteiger partial charge in [0.25, 0.3) is 0 Å². The molecule has 0 saturated heterocycles. The lowest BCUT2D eigenvalue weighted by Gasteiger charge is -2.19. The summed E-state index contributed by atoms with van der Waals surface area (Å²) >= 11 is 1.60. The number of fused-ring (bicyclic) bond motifs is 1. The summed E-state index contributed by atoms with van der Waals surface area (Å²) in [4.78, 5) is 17.6. The zero-order chi connectivity index (χ0) is 16.2. The maximum Gasteiger partial charge on any atom is 0.248 e. The molecular weight excluding hydrogens is 304 g/mol. The first-order chi connectivity index (χ1) is 11.2. The average molecular weight is 328 g/mol. The van der Waals surface area contributed by atoms with E-state index >= 15 is 0 Å². The second-order valence-corrected chi connectivity index (χ2v) is 7.48. The molecule has 0 spiro atoms. The van der Waals surface area contributed by atoms with E-state index in [4.69, 9.17) is 0 Å². The zero-order valence-electron chi connectivity index (χ0n) is 13.8. The number of benzene rings is 1. The van der Waals surface area contributed by atoms with Gasteiger partial charge in [0.05, 0.1) is 10.2 Å². The summed E-state index contributed by atoms with van der Waals surface area (Å²) in [6.45, 7) is 6.60. The molecule has 2 aromatic rings. The highest BCUT2D eigenvalue weighted by Crippen LogP contribution is 2.26. The summed E-state index contributed by atoms with van der Waals surface area (Å²) in [6.07, 6.45) is 8.65. The van der Waals surface area contributed by atoms with Crippen molar-refractivity contribution < 1.29 is 4.79 Å². The molecule has 1 fully saturated rings. The Morgan fingerprint density at radius 2 is 2.17 bits per heavy atom. The molecule has 4 heteroatoms. The van der Waals surface area contributed by atoms with Gasteiger partial charge < -0.3 is 4.57 Å². The van der Waals surface area contributed by atoms with Crippen molar-refractivity contribution in [3.8, 4) is 0 Å². The Morgan fingerprint density at radius 1 is 1.39 bits per heavy atom. The van der Waals surface area contributed by atoms with E-state index in [1.807, 2.05) is 6.08 Å². The van der Waals surface area contributed by atoms with Crippen molar-refractivity contribution in [3.63, 3.8) is 0 Å². The summed E-state index contributed by atoms with van der Waals surface area (Å²) in [5, 5.41) is 0. The molecule has 1 aromatic heterocycles. The van der Waals surface area contributed by atoms with Crippen LogP contribution >= 0.6 is 11.3 Å². The molecule has 0 bridgehead atoms. The van der Waals surface area contributed by atoms with Crippen LogP contribution in [0.1, 0.15) is 44.1 Å². The van der Waals surface area contributed by atoms with Crippen molar-refractivity contribution in [1.29, 1.82) is 0 Å². The smallest absolute Gasteiger partial charge is 0.248 e. The molecule has 1 amide bonds. The SMILES string of the molecule is C=CCn1c(=NC(=O)CC2CCCCC2)sc2cc(C)ccc21. The first-order valence-corrected chi connectivity index (χ1v) is 9.27. The number of hydrogen-bond donors (Lipinski definition) is 0. The molecule has 3 rings (SSSR count). The summed E-state index contributed by atoms with van der Waals surface area (Å²) < 4.78 is 3.27. The number of nitrogens with zero attached hydrogens (tertiary/aromatic N) is 2. The number of carbonyl (C=O) groups is 1. The van der Waals surface area contributed by atoms with E-state index in [-0.39, 0.29) is 5.91 Å². The number of thiazole rings is 1. The van der Waals surface area contributed by atoms with Gasteiger partial charge in [0.1, 0.15) is 0 Å². The zero-order valence-corrected chi connectivity index (χ0v) is 14.6. The molecule has 0 radical (unpaired) electrons. The number of aryl methyl sites for hydroxylation is 1. The average Bonchev–Trinajstić information content (AvgIpc) is 2.85. The Balaban J connectivity index is 1.91. The van der Waals surface area contributed by atoms with Crippen molar-refractivity contribution in [2.75, 3.05) is 0 Å². The van der Waals surface area contributed by atoms with Crippen molar-refractivity contribution in [1.82, 2.24) is 4.57 Å². The van der Waals surface area contributed by atoms with Gasteiger partial charge in [-0.1, -0.05) is 42.7 Å². The molecule has 0 aliphatic heterocycles. The Labute approximate surface area is 141 Å². The molecule has 0 N–H and O–H groups in total. The minimum Gasteiger partial charge on any atom is -0.313 e. The third kappa shape index (κ3) is 3.81. The Bertz CT molecular complexity index is 778. The van der Waals surface area contributed by atoms with Gasteiger partial charge in [0.15, 0.2) is 4.80 Å². The van der Waals surface area contributed by atoms with E-state index in [0.29, 0.717) is 18.9 Å². The van der Waals surface area contributed by atoms with Gasteiger partial charge in [0, 0.05) is 13.0 Å². The van der Waals surface area contributed by atoms with E-state index in [1.165, 1.54) is 42.4 Å². The van der Waals surface area contributed by atoms with Gasteiger partial charge >= 0.3 is 0 Å². The van der Waals surface area contributed by atoms with E-state index in [9.17, 15) is 4.79 Å². The molecule has 1 aliphatic rings. The number of hydrogen-bond acceptors (Lipinski definition) is 2. The maximum atomic E-state index is 12.4. The molecule has 23 heavy (non-hydrogen) atoms. The number of carbonyl (C=O) groups excluding carboxylic acids is 1. The predicted octanol–water partition coefficient (Wildman–Crippen LogP) is 4.59. The Morgan fingerprint density at radius 3 is 2.91 bits per heavy atom. The van der Waals surface area contributed by atoms with Gasteiger partial charge in [-0.25, -0.2) is 0 Å². The lowest BCUT2D eigenvalue weighted by atomic mass is 9.87. The molecule has 1 aliphatic carbocycles. The highest BCUT2D eigenvalue weighted by atomic mass is 32.1. The van der Waals surface area contributed by atoms with Crippen molar-refractivity contribution in [3.05, 3.63) is 41.2 Å². The van der Waals surface area contributed by atoms with Gasteiger partial charge in [-0.05, 0) is 43.4 Å². The fraction of sp³-hybridized carbons (Fsp3) is 0.474. The highest BCUT2D eigenvalue weighted by Gasteiger charge is 2.17. The van der Waals surface area contributed by atoms with Crippen molar-refractivity contribution in [2.24, 2.45) is 10.9 Å². The second-order valence-electron chi connectivity index (χ2n) is 6.47. The van der Waals surface area contributed by atoms with Gasteiger partial charge in [-0.3, -0.25) is 4.79 Å². The monoisotopic (exact) mass is 328 g/mol. The molecule has 122 valence electrons. The summed E-state index contributed by atoms with van der Waals surface area (Å²) in [6, 6.07) is 6.36. The second kappa shape index (κ2) is 7.26. The first kappa shape index (κ1) is 16.2. The van der Waals surface area contributed by atoms with Crippen LogP contribution in [0.25, 0.3) is 10.2 Å². The van der Waals surface area contributed by atoms with Crippen LogP contribution in [0.3, 0.4) is 0 Å². The topological polar surface area (TPSA) is 34.4 Å². The number of rotatable bonds is 4. The van der Waals surface area contributed by atoms with E-state index in [1.54, 1.807) is 11.3 Å². The summed E-state index contributed by atoms with van der Waals surface area (Å²) in [5.41, 5.74) is 2.36. The maximum absolute atomic E-state index is 12.4. The Hall–Kier alpha value is -1.68. The molecule has 1 heterocycles. The molecule has 1 saturated carbocycles.